The Bertz CT molecular complexity index is 511. The van der Waals surface area contributed by atoms with Crippen molar-refractivity contribution in [3.63, 3.8) is 0 Å². The van der Waals surface area contributed by atoms with Crippen LogP contribution in [0.2, 0.25) is 0 Å². The molecule has 0 aromatic rings. The highest BCUT2D eigenvalue weighted by Gasteiger charge is 2.39. The first-order chi connectivity index (χ1) is 10.5. The molecule has 0 aromatic carbocycles. The van der Waals surface area contributed by atoms with Gasteiger partial charge in [0.05, 0.1) is 5.75 Å². The SMILES string of the molecule is CCS(=O)(=O)N1CCC(C(=O)NC[C@@H]2C[C@H]3CC[C@H]2C3)CC1. The van der Waals surface area contributed by atoms with Gasteiger partial charge >= 0.3 is 0 Å². The van der Waals surface area contributed by atoms with Gasteiger partial charge < -0.3 is 5.32 Å². The fourth-order valence-corrected chi connectivity index (χ4v) is 5.71. The average Bonchev–Trinajstić information content (AvgIpc) is 3.15. The summed E-state index contributed by atoms with van der Waals surface area (Å²) in [5, 5.41) is 3.14. The Hall–Kier alpha value is -0.620. The molecule has 3 atom stereocenters. The Morgan fingerprint density at radius 1 is 1.14 bits per heavy atom. The van der Waals surface area contributed by atoms with Crippen molar-refractivity contribution in [2.75, 3.05) is 25.4 Å². The van der Waals surface area contributed by atoms with Crippen molar-refractivity contribution in [3.05, 3.63) is 0 Å². The quantitative estimate of drug-likeness (QED) is 0.833. The Labute approximate surface area is 133 Å². The third kappa shape index (κ3) is 3.32. The topological polar surface area (TPSA) is 66.5 Å². The van der Waals surface area contributed by atoms with Crippen molar-refractivity contribution >= 4 is 15.9 Å². The minimum atomic E-state index is -3.10. The van der Waals surface area contributed by atoms with Gasteiger partial charge in [0.1, 0.15) is 0 Å². The van der Waals surface area contributed by atoms with Crippen molar-refractivity contribution in [1.29, 1.82) is 0 Å². The van der Waals surface area contributed by atoms with Crippen LogP contribution in [0.3, 0.4) is 0 Å². The van der Waals surface area contributed by atoms with Crippen molar-refractivity contribution in [1.82, 2.24) is 9.62 Å². The summed E-state index contributed by atoms with van der Waals surface area (Å²) in [5.74, 6) is 2.70. The number of sulfonamides is 1. The van der Waals surface area contributed by atoms with E-state index in [0.29, 0.717) is 31.8 Å². The second-order valence-corrected chi connectivity index (χ2v) is 9.51. The van der Waals surface area contributed by atoms with Crippen LogP contribution in [-0.2, 0) is 14.8 Å². The number of rotatable bonds is 5. The van der Waals surface area contributed by atoms with E-state index in [2.05, 4.69) is 5.32 Å². The standard InChI is InChI=1S/C16H28N2O3S/c1-2-22(20,21)18-7-5-13(6-8-18)16(19)17-11-15-10-12-3-4-14(15)9-12/h12-15H,2-11H2,1H3,(H,17,19)/t12-,14-,15-/m0/s1. The normalized spacial score (nSPS) is 33.2. The predicted octanol–water partition coefficient (Wildman–Crippen LogP) is 1.60. The van der Waals surface area contributed by atoms with E-state index in [9.17, 15) is 13.2 Å². The van der Waals surface area contributed by atoms with Gasteiger partial charge in [0.2, 0.25) is 15.9 Å². The molecule has 1 heterocycles. The molecule has 3 aliphatic rings. The fourth-order valence-electron chi connectivity index (χ4n) is 4.58. The molecule has 126 valence electrons. The average molecular weight is 328 g/mol. The lowest BCUT2D eigenvalue weighted by molar-refractivity contribution is -0.126. The fraction of sp³-hybridized carbons (Fsp3) is 0.938. The molecule has 1 N–H and O–H groups in total. The lowest BCUT2D eigenvalue weighted by Gasteiger charge is -2.31. The number of carbonyl (C=O) groups excluding carboxylic acids is 1. The zero-order valence-corrected chi connectivity index (χ0v) is 14.3. The Balaban J connectivity index is 1.42. The molecule has 2 saturated carbocycles. The molecular formula is C16H28N2O3S. The van der Waals surface area contributed by atoms with Crippen LogP contribution in [0.1, 0.15) is 45.4 Å². The van der Waals surface area contributed by atoms with Gasteiger partial charge in [-0.05, 0) is 56.8 Å². The van der Waals surface area contributed by atoms with Crippen LogP contribution >= 0.6 is 0 Å². The number of piperidine rings is 1. The van der Waals surface area contributed by atoms with E-state index < -0.39 is 10.0 Å². The van der Waals surface area contributed by atoms with Crippen molar-refractivity contribution in [2.24, 2.45) is 23.7 Å². The highest BCUT2D eigenvalue weighted by Crippen LogP contribution is 2.47. The minimum Gasteiger partial charge on any atom is -0.356 e. The third-order valence-electron chi connectivity index (χ3n) is 6.01. The number of carbonyl (C=O) groups is 1. The molecule has 1 aliphatic heterocycles. The highest BCUT2D eigenvalue weighted by molar-refractivity contribution is 7.89. The highest BCUT2D eigenvalue weighted by atomic mass is 32.2. The second kappa shape index (κ2) is 6.48. The molecule has 5 nitrogen and oxygen atoms in total. The molecule has 0 radical (unpaired) electrons. The van der Waals surface area contributed by atoms with E-state index in [-0.39, 0.29) is 17.6 Å². The molecule has 22 heavy (non-hydrogen) atoms. The van der Waals surface area contributed by atoms with Gasteiger partial charge in [-0.25, -0.2) is 12.7 Å². The molecule has 0 unspecified atom stereocenters. The van der Waals surface area contributed by atoms with Crippen LogP contribution in [0.5, 0.6) is 0 Å². The van der Waals surface area contributed by atoms with Crippen LogP contribution in [0, 0.1) is 23.7 Å². The van der Waals surface area contributed by atoms with Gasteiger partial charge in [-0.2, -0.15) is 0 Å². The summed E-state index contributed by atoms with van der Waals surface area (Å²) in [5.41, 5.74) is 0. The van der Waals surface area contributed by atoms with Crippen LogP contribution in [0.25, 0.3) is 0 Å². The molecule has 2 bridgehead atoms. The minimum absolute atomic E-state index is 0.0121. The molecular weight excluding hydrogens is 300 g/mol. The van der Waals surface area contributed by atoms with E-state index >= 15 is 0 Å². The smallest absolute Gasteiger partial charge is 0.223 e. The zero-order chi connectivity index (χ0) is 15.7. The Kier molecular flexibility index (Phi) is 4.78. The van der Waals surface area contributed by atoms with Gasteiger partial charge in [0.25, 0.3) is 0 Å². The van der Waals surface area contributed by atoms with Crippen LogP contribution < -0.4 is 5.32 Å². The number of hydrogen-bond donors (Lipinski definition) is 1. The molecule has 6 heteroatoms. The second-order valence-electron chi connectivity index (χ2n) is 7.25. The molecule has 1 saturated heterocycles. The first-order valence-electron chi connectivity index (χ1n) is 8.75. The molecule has 3 rings (SSSR count). The third-order valence-corrected chi connectivity index (χ3v) is 7.89. The number of fused-ring (bicyclic) bond motifs is 2. The Morgan fingerprint density at radius 2 is 1.86 bits per heavy atom. The molecule has 3 fully saturated rings. The summed E-state index contributed by atoms with van der Waals surface area (Å²) in [7, 11) is -3.10. The molecule has 0 spiro atoms. The number of nitrogens with zero attached hydrogens (tertiary/aromatic N) is 1. The largest absolute Gasteiger partial charge is 0.356 e. The maximum absolute atomic E-state index is 12.3. The molecule has 0 aromatic heterocycles. The Morgan fingerprint density at radius 3 is 2.41 bits per heavy atom. The number of nitrogens with one attached hydrogen (secondary N) is 1. The zero-order valence-electron chi connectivity index (χ0n) is 13.5. The van der Waals surface area contributed by atoms with Crippen molar-refractivity contribution in [3.8, 4) is 0 Å². The van der Waals surface area contributed by atoms with Gasteiger partial charge in [-0.1, -0.05) is 6.42 Å². The summed E-state index contributed by atoms with van der Waals surface area (Å²) in [6, 6.07) is 0. The lowest BCUT2D eigenvalue weighted by Crippen LogP contribution is -2.44. The van der Waals surface area contributed by atoms with Crippen LogP contribution in [0.15, 0.2) is 0 Å². The summed E-state index contributed by atoms with van der Waals surface area (Å²) in [6.07, 6.45) is 6.70. The first-order valence-corrected chi connectivity index (χ1v) is 10.4. The lowest BCUT2D eigenvalue weighted by atomic mass is 9.88. The van der Waals surface area contributed by atoms with E-state index in [1.165, 1.54) is 30.0 Å². The van der Waals surface area contributed by atoms with Gasteiger partial charge in [0.15, 0.2) is 0 Å². The van der Waals surface area contributed by atoms with Crippen LogP contribution in [0.4, 0.5) is 0 Å². The number of amides is 1. The maximum Gasteiger partial charge on any atom is 0.223 e. The predicted molar refractivity (Wildman–Crippen MR) is 85.7 cm³/mol. The van der Waals surface area contributed by atoms with Crippen molar-refractivity contribution < 1.29 is 13.2 Å². The summed E-state index contributed by atoms with van der Waals surface area (Å²) >= 11 is 0. The van der Waals surface area contributed by atoms with E-state index in [4.69, 9.17) is 0 Å². The maximum atomic E-state index is 12.3. The summed E-state index contributed by atoms with van der Waals surface area (Å²) < 4.78 is 25.2. The molecule has 2 aliphatic carbocycles. The van der Waals surface area contributed by atoms with Crippen LogP contribution in [-0.4, -0.2) is 44.0 Å². The summed E-state index contributed by atoms with van der Waals surface area (Å²) in [6.45, 7) is 3.47. The number of hydrogen-bond acceptors (Lipinski definition) is 3. The summed E-state index contributed by atoms with van der Waals surface area (Å²) in [4.78, 5) is 12.3. The van der Waals surface area contributed by atoms with E-state index in [0.717, 1.165) is 18.4 Å². The molecule has 1 amide bonds. The first kappa shape index (κ1) is 16.2. The van der Waals surface area contributed by atoms with Crippen molar-refractivity contribution in [2.45, 2.75) is 45.4 Å². The van der Waals surface area contributed by atoms with E-state index in [1.54, 1.807) is 6.92 Å². The monoisotopic (exact) mass is 328 g/mol. The van der Waals surface area contributed by atoms with Gasteiger partial charge in [0, 0.05) is 25.6 Å². The van der Waals surface area contributed by atoms with Gasteiger partial charge in [-0.15, -0.1) is 0 Å². The van der Waals surface area contributed by atoms with E-state index in [1.807, 2.05) is 0 Å². The van der Waals surface area contributed by atoms with Gasteiger partial charge in [-0.3, -0.25) is 4.79 Å².